The first kappa shape index (κ1) is 6.50. The second-order valence-corrected chi connectivity index (χ2v) is 1.75. The molecule has 0 saturated heterocycles. The van der Waals surface area contributed by atoms with Crippen LogP contribution in [0.2, 0.25) is 0 Å². The van der Waals surface area contributed by atoms with Crippen LogP contribution in [-0.2, 0) is 3.07 Å². The summed E-state index contributed by atoms with van der Waals surface area (Å²) in [6.07, 6.45) is 2.83. The van der Waals surface area contributed by atoms with Crippen LogP contribution < -0.4 is 0 Å². The van der Waals surface area contributed by atoms with Gasteiger partial charge in [0.2, 0.25) is 0 Å². The van der Waals surface area contributed by atoms with Crippen molar-refractivity contribution in [1.82, 2.24) is 0 Å². The van der Waals surface area contributed by atoms with E-state index in [0.29, 0.717) is 0 Å². The van der Waals surface area contributed by atoms with Gasteiger partial charge in [-0.3, -0.25) is 0 Å². The summed E-state index contributed by atoms with van der Waals surface area (Å²) in [6, 6.07) is 0. The van der Waals surface area contributed by atoms with Crippen molar-refractivity contribution in [3.05, 3.63) is 12.7 Å². The Morgan fingerprint density at radius 2 is 2.50 bits per heavy atom. The molecule has 1 nitrogen and oxygen atoms in total. The molecule has 0 saturated carbocycles. The van der Waals surface area contributed by atoms with Crippen molar-refractivity contribution in [3.63, 3.8) is 0 Å². The van der Waals surface area contributed by atoms with Crippen LogP contribution in [0.3, 0.4) is 0 Å². The zero-order valence-corrected chi connectivity index (χ0v) is 6.46. The molecule has 0 aromatic heterocycles. The van der Waals surface area contributed by atoms with Crippen LogP contribution in [0.25, 0.3) is 0 Å². The molecule has 0 N–H and O–H groups in total. The third kappa shape index (κ3) is 4.50. The van der Waals surface area contributed by atoms with Gasteiger partial charge in [0.1, 0.15) is 0 Å². The summed E-state index contributed by atoms with van der Waals surface area (Å²) in [5.74, 6) is 0. The van der Waals surface area contributed by atoms with E-state index < -0.39 is 0 Å². The molecule has 0 bridgehead atoms. The Balaban J connectivity index is 2.49. The molecule has 0 aromatic rings. The molecular formula is C4H7OSn. The van der Waals surface area contributed by atoms with E-state index >= 15 is 0 Å². The van der Waals surface area contributed by atoms with Gasteiger partial charge in [-0.05, 0) is 0 Å². The molecule has 0 rings (SSSR count). The van der Waals surface area contributed by atoms with Gasteiger partial charge in [-0.2, -0.15) is 0 Å². The summed E-state index contributed by atoms with van der Waals surface area (Å²) in [6.45, 7) is 4.36. The molecular weight excluding hydrogens is 183 g/mol. The van der Waals surface area contributed by atoms with Gasteiger partial charge >= 0.3 is 51.7 Å². The van der Waals surface area contributed by atoms with E-state index in [1.807, 2.05) is 6.08 Å². The van der Waals surface area contributed by atoms with Gasteiger partial charge in [0, 0.05) is 0 Å². The van der Waals surface area contributed by atoms with Crippen LogP contribution in [0.1, 0.15) is 6.42 Å². The van der Waals surface area contributed by atoms with Gasteiger partial charge in [0.05, 0.1) is 0 Å². The molecule has 0 spiro atoms. The summed E-state index contributed by atoms with van der Waals surface area (Å²) in [5.41, 5.74) is 0. The SMILES string of the molecule is C=CCC[O][Sn]. The van der Waals surface area contributed by atoms with Gasteiger partial charge in [0.15, 0.2) is 0 Å². The van der Waals surface area contributed by atoms with Crippen LogP contribution in [0.5, 0.6) is 0 Å². The molecule has 0 aliphatic rings. The first-order valence-electron chi connectivity index (χ1n) is 1.81. The maximum absolute atomic E-state index is 4.80. The Hall–Kier alpha value is 0.499. The minimum absolute atomic E-state index is 0.835. The molecule has 0 fully saturated rings. The molecule has 0 aromatic carbocycles. The number of hydrogen-bond acceptors (Lipinski definition) is 1. The third-order valence-corrected chi connectivity index (χ3v) is 1.01. The first-order valence-corrected chi connectivity index (χ1v) is 2.97. The second kappa shape index (κ2) is 5.50. The Bertz CT molecular complexity index is 36.5. The van der Waals surface area contributed by atoms with Crippen LogP contribution >= 0.6 is 0 Å². The molecule has 0 aliphatic heterocycles. The molecule has 0 aliphatic carbocycles. The third-order valence-electron chi connectivity index (χ3n) is 0.424. The average Bonchev–Trinajstić information content (AvgIpc) is 1.61. The van der Waals surface area contributed by atoms with Crippen molar-refractivity contribution in [2.24, 2.45) is 0 Å². The van der Waals surface area contributed by atoms with Crippen LogP contribution in [0.4, 0.5) is 0 Å². The summed E-state index contributed by atoms with van der Waals surface area (Å²) < 4.78 is 4.80. The maximum atomic E-state index is 4.80. The predicted molar refractivity (Wildman–Crippen MR) is 26.5 cm³/mol. The van der Waals surface area contributed by atoms with E-state index in [-0.39, 0.29) is 0 Å². The van der Waals surface area contributed by atoms with Crippen molar-refractivity contribution in [2.45, 2.75) is 6.42 Å². The molecule has 0 atom stereocenters. The van der Waals surface area contributed by atoms with E-state index in [9.17, 15) is 0 Å². The van der Waals surface area contributed by atoms with Gasteiger partial charge in [-0.15, -0.1) is 0 Å². The summed E-state index contributed by atoms with van der Waals surface area (Å²) >= 11 is 1.15. The molecule has 0 heterocycles. The van der Waals surface area contributed by atoms with Gasteiger partial charge < -0.3 is 0 Å². The van der Waals surface area contributed by atoms with Gasteiger partial charge in [-0.25, -0.2) is 0 Å². The monoisotopic (exact) mass is 191 g/mol. The summed E-state index contributed by atoms with van der Waals surface area (Å²) in [7, 11) is 0. The van der Waals surface area contributed by atoms with Crippen LogP contribution in [-0.4, -0.2) is 29.5 Å². The molecule has 2 heteroatoms. The van der Waals surface area contributed by atoms with Crippen LogP contribution in [0, 0.1) is 0 Å². The van der Waals surface area contributed by atoms with Crippen LogP contribution in [0.15, 0.2) is 12.7 Å². The molecule has 0 unspecified atom stereocenters. The zero-order valence-electron chi connectivity index (χ0n) is 3.61. The van der Waals surface area contributed by atoms with E-state index in [4.69, 9.17) is 3.07 Å². The Morgan fingerprint density at radius 1 is 1.83 bits per heavy atom. The predicted octanol–water partition coefficient (Wildman–Crippen LogP) is 0.663. The fourth-order valence-corrected chi connectivity index (χ4v) is 0.479. The fraction of sp³-hybridized carbons (Fsp3) is 0.500. The van der Waals surface area contributed by atoms with Crippen molar-refractivity contribution in [1.29, 1.82) is 0 Å². The summed E-state index contributed by atoms with van der Waals surface area (Å²) in [4.78, 5) is 0. The number of hydrogen-bond donors (Lipinski definition) is 0. The Kier molecular flexibility index (Phi) is 5.96. The summed E-state index contributed by atoms with van der Waals surface area (Å²) in [5, 5.41) is 0. The standard InChI is InChI=1S/C4H7O.Sn/c1-2-3-4-5;/h2H,1,3-4H2;/q-1;+1. The quantitative estimate of drug-likeness (QED) is 0.360. The van der Waals surface area contributed by atoms with Gasteiger partial charge in [-0.1, -0.05) is 0 Å². The Labute approximate surface area is 52.0 Å². The van der Waals surface area contributed by atoms with E-state index in [0.717, 1.165) is 36.0 Å². The van der Waals surface area contributed by atoms with E-state index in [1.54, 1.807) is 0 Å². The molecule has 0 amide bonds. The molecule has 6 heavy (non-hydrogen) atoms. The Morgan fingerprint density at radius 3 is 2.67 bits per heavy atom. The van der Waals surface area contributed by atoms with Gasteiger partial charge in [0.25, 0.3) is 0 Å². The van der Waals surface area contributed by atoms with E-state index in [2.05, 4.69) is 6.58 Å². The normalized spacial score (nSPS) is 8.17. The average molecular weight is 190 g/mol. The fourth-order valence-electron chi connectivity index (χ4n) is 0.142. The second-order valence-electron chi connectivity index (χ2n) is 0.926. The molecule has 33 valence electrons. The van der Waals surface area contributed by atoms with E-state index in [1.165, 1.54) is 0 Å². The van der Waals surface area contributed by atoms with Crippen molar-refractivity contribution < 1.29 is 3.07 Å². The van der Waals surface area contributed by atoms with Crippen molar-refractivity contribution in [3.8, 4) is 0 Å². The van der Waals surface area contributed by atoms with Crippen molar-refractivity contribution in [2.75, 3.05) is 6.61 Å². The minimum atomic E-state index is 0.835. The first-order chi connectivity index (χ1) is 2.91. The molecule has 3 radical (unpaired) electrons. The number of rotatable bonds is 3. The van der Waals surface area contributed by atoms with Crippen molar-refractivity contribution >= 4 is 22.9 Å². The topological polar surface area (TPSA) is 9.23 Å². The zero-order chi connectivity index (χ0) is 4.83.